The molecule has 4 nitrogen and oxygen atoms in total. The number of rotatable bonds is 2. The lowest BCUT2D eigenvalue weighted by atomic mass is 9.99. The minimum absolute atomic E-state index is 0.229. The SMILES string of the molecule is N#Cc1c(-c2ccncc2)cc(-c2cccc(Br)c2)nc1N. The smallest absolute Gasteiger partial charge is 0.142 e. The van der Waals surface area contributed by atoms with Crippen LogP contribution in [0.15, 0.2) is 59.3 Å². The van der Waals surface area contributed by atoms with Crippen molar-refractivity contribution in [2.24, 2.45) is 0 Å². The third-order valence-corrected chi connectivity index (χ3v) is 3.76. The summed E-state index contributed by atoms with van der Waals surface area (Å²) in [6, 6.07) is 15.5. The Morgan fingerprint density at radius 3 is 2.50 bits per heavy atom. The normalized spacial score (nSPS) is 10.2. The average molecular weight is 351 g/mol. The Labute approximate surface area is 136 Å². The van der Waals surface area contributed by atoms with Gasteiger partial charge in [-0.05, 0) is 35.9 Å². The van der Waals surface area contributed by atoms with E-state index >= 15 is 0 Å². The topological polar surface area (TPSA) is 75.6 Å². The van der Waals surface area contributed by atoms with Gasteiger partial charge in [-0.2, -0.15) is 5.26 Å². The average Bonchev–Trinajstić information content (AvgIpc) is 2.55. The van der Waals surface area contributed by atoms with Crippen LogP contribution < -0.4 is 5.73 Å². The minimum Gasteiger partial charge on any atom is -0.383 e. The molecule has 0 bridgehead atoms. The molecule has 0 atom stereocenters. The first-order chi connectivity index (χ1) is 10.7. The number of benzene rings is 1. The molecule has 5 heteroatoms. The Bertz CT molecular complexity index is 870. The number of pyridine rings is 2. The van der Waals surface area contributed by atoms with E-state index in [2.05, 4.69) is 32.0 Å². The van der Waals surface area contributed by atoms with Gasteiger partial charge in [0.1, 0.15) is 17.5 Å². The summed E-state index contributed by atoms with van der Waals surface area (Å²) >= 11 is 3.45. The van der Waals surface area contributed by atoms with E-state index in [0.717, 1.165) is 26.9 Å². The second kappa shape index (κ2) is 5.96. The van der Waals surface area contributed by atoms with Crippen molar-refractivity contribution in [3.8, 4) is 28.5 Å². The second-order valence-corrected chi connectivity index (χ2v) is 5.59. The molecule has 1 aromatic carbocycles. The lowest BCUT2D eigenvalue weighted by molar-refractivity contribution is 1.29. The number of aromatic nitrogens is 2. The van der Waals surface area contributed by atoms with Gasteiger partial charge in [-0.15, -0.1) is 0 Å². The summed E-state index contributed by atoms with van der Waals surface area (Å²) in [6.45, 7) is 0. The Hall–Kier alpha value is -2.71. The van der Waals surface area contributed by atoms with Crippen molar-refractivity contribution in [2.75, 3.05) is 5.73 Å². The predicted octanol–water partition coefficient (Wildman–Crippen LogP) is 4.03. The van der Waals surface area contributed by atoms with Gasteiger partial charge in [0.25, 0.3) is 0 Å². The summed E-state index contributed by atoms with van der Waals surface area (Å²) in [7, 11) is 0. The summed E-state index contributed by atoms with van der Waals surface area (Å²) in [5.74, 6) is 0.229. The standard InChI is InChI=1S/C17H11BrN4/c18-13-3-1-2-12(8-13)16-9-14(11-4-6-21-7-5-11)15(10-19)17(20)22-16/h1-9H,(H2,20,22). The van der Waals surface area contributed by atoms with Crippen LogP contribution >= 0.6 is 15.9 Å². The quantitative estimate of drug-likeness (QED) is 0.756. The number of hydrogen-bond donors (Lipinski definition) is 1. The van der Waals surface area contributed by atoms with Gasteiger partial charge in [0.05, 0.1) is 5.69 Å². The van der Waals surface area contributed by atoms with Crippen LogP contribution in [-0.2, 0) is 0 Å². The molecule has 0 aliphatic heterocycles. The molecule has 2 heterocycles. The molecule has 3 rings (SSSR count). The minimum atomic E-state index is 0.229. The highest BCUT2D eigenvalue weighted by atomic mass is 79.9. The number of anilines is 1. The molecule has 2 N–H and O–H groups in total. The van der Waals surface area contributed by atoms with Gasteiger partial charge in [-0.3, -0.25) is 4.98 Å². The molecule has 0 radical (unpaired) electrons. The monoisotopic (exact) mass is 350 g/mol. The lowest BCUT2D eigenvalue weighted by Crippen LogP contribution is -1.99. The fraction of sp³-hybridized carbons (Fsp3) is 0. The third kappa shape index (κ3) is 2.69. The Kier molecular flexibility index (Phi) is 3.86. The number of halogens is 1. The van der Waals surface area contributed by atoms with E-state index in [9.17, 15) is 5.26 Å². The summed E-state index contributed by atoms with van der Waals surface area (Å²) in [5, 5.41) is 9.37. The van der Waals surface area contributed by atoms with E-state index in [1.165, 1.54) is 0 Å². The van der Waals surface area contributed by atoms with Crippen LogP contribution in [0.2, 0.25) is 0 Å². The first kappa shape index (κ1) is 14.2. The van der Waals surface area contributed by atoms with Crippen LogP contribution in [0.1, 0.15) is 5.56 Å². The molecule has 3 aromatic rings. The second-order valence-electron chi connectivity index (χ2n) is 4.67. The molecule has 0 aliphatic rings. The van der Waals surface area contributed by atoms with Crippen LogP contribution in [-0.4, -0.2) is 9.97 Å². The number of nitrogens with two attached hydrogens (primary N) is 1. The molecular weight excluding hydrogens is 340 g/mol. The van der Waals surface area contributed by atoms with Gasteiger partial charge >= 0.3 is 0 Å². The van der Waals surface area contributed by atoms with Crippen molar-refractivity contribution in [3.63, 3.8) is 0 Å². The third-order valence-electron chi connectivity index (χ3n) is 3.27. The fourth-order valence-corrected chi connectivity index (χ4v) is 2.64. The van der Waals surface area contributed by atoms with Gasteiger partial charge in [0, 0.05) is 28.0 Å². The van der Waals surface area contributed by atoms with Crippen molar-refractivity contribution < 1.29 is 0 Å². The zero-order chi connectivity index (χ0) is 15.5. The number of nitrogens with zero attached hydrogens (tertiary/aromatic N) is 3. The fourth-order valence-electron chi connectivity index (χ4n) is 2.24. The van der Waals surface area contributed by atoms with Gasteiger partial charge in [0.2, 0.25) is 0 Å². The van der Waals surface area contributed by atoms with Crippen molar-refractivity contribution in [1.82, 2.24) is 9.97 Å². The lowest BCUT2D eigenvalue weighted by Gasteiger charge is -2.10. The molecule has 0 spiro atoms. The van der Waals surface area contributed by atoms with E-state index in [1.54, 1.807) is 12.4 Å². The maximum Gasteiger partial charge on any atom is 0.142 e. The van der Waals surface area contributed by atoms with Crippen molar-refractivity contribution >= 4 is 21.7 Å². The van der Waals surface area contributed by atoms with E-state index in [1.807, 2.05) is 42.5 Å². The Morgan fingerprint density at radius 1 is 1.05 bits per heavy atom. The van der Waals surface area contributed by atoms with E-state index in [0.29, 0.717) is 5.56 Å². The van der Waals surface area contributed by atoms with Crippen LogP contribution in [0.4, 0.5) is 5.82 Å². The van der Waals surface area contributed by atoms with Crippen LogP contribution in [0.5, 0.6) is 0 Å². The summed E-state index contributed by atoms with van der Waals surface area (Å²) in [6.07, 6.45) is 3.37. The maximum absolute atomic E-state index is 9.37. The van der Waals surface area contributed by atoms with Crippen LogP contribution in [0.25, 0.3) is 22.4 Å². The number of nitrogen functional groups attached to an aromatic ring is 1. The zero-order valence-corrected chi connectivity index (χ0v) is 13.1. The van der Waals surface area contributed by atoms with Gasteiger partial charge in [0.15, 0.2) is 0 Å². The van der Waals surface area contributed by atoms with Crippen molar-refractivity contribution in [3.05, 3.63) is 64.9 Å². The molecular formula is C17H11BrN4. The van der Waals surface area contributed by atoms with Crippen molar-refractivity contribution in [2.45, 2.75) is 0 Å². The van der Waals surface area contributed by atoms with E-state index in [4.69, 9.17) is 5.73 Å². The first-order valence-corrected chi connectivity index (χ1v) is 7.35. The molecule has 0 saturated heterocycles. The van der Waals surface area contributed by atoms with E-state index in [-0.39, 0.29) is 5.82 Å². The number of nitriles is 1. The molecule has 106 valence electrons. The van der Waals surface area contributed by atoms with Gasteiger partial charge < -0.3 is 5.73 Å². The zero-order valence-electron chi connectivity index (χ0n) is 11.5. The molecule has 0 unspecified atom stereocenters. The molecule has 22 heavy (non-hydrogen) atoms. The number of hydrogen-bond acceptors (Lipinski definition) is 4. The largest absolute Gasteiger partial charge is 0.383 e. The maximum atomic E-state index is 9.37. The highest BCUT2D eigenvalue weighted by molar-refractivity contribution is 9.10. The highest BCUT2D eigenvalue weighted by Crippen LogP contribution is 2.31. The van der Waals surface area contributed by atoms with Crippen LogP contribution in [0.3, 0.4) is 0 Å². The Morgan fingerprint density at radius 2 is 1.82 bits per heavy atom. The highest BCUT2D eigenvalue weighted by Gasteiger charge is 2.13. The summed E-state index contributed by atoms with van der Waals surface area (Å²) in [4.78, 5) is 8.37. The van der Waals surface area contributed by atoms with Gasteiger partial charge in [-0.25, -0.2) is 4.98 Å². The predicted molar refractivity (Wildman–Crippen MR) is 89.7 cm³/mol. The van der Waals surface area contributed by atoms with Gasteiger partial charge in [-0.1, -0.05) is 28.1 Å². The van der Waals surface area contributed by atoms with Crippen LogP contribution in [0, 0.1) is 11.3 Å². The summed E-state index contributed by atoms with van der Waals surface area (Å²) in [5.41, 5.74) is 9.66. The molecule has 0 saturated carbocycles. The summed E-state index contributed by atoms with van der Waals surface area (Å²) < 4.78 is 0.959. The Balaban J connectivity index is 2.24. The first-order valence-electron chi connectivity index (χ1n) is 6.56. The molecule has 0 aliphatic carbocycles. The van der Waals surface area contributed by atoms with E-state index < -0.39 is 0 Å². The molecule has 0 fully saturated rings. The molecule has 2 aromatic heterocycles. The molecule has 0 amide bonds. The van der Waals surface area contributed by atoms with Crippen molar-refractivity contribution in [1.29, 1.82) is 5.26 Å².